The number of hydrogen-bond acceptors (Lipinski definition) is 4. The second kappa shape index (κ2) is 7.21. The molecule has 0 aromatic carbocycles. The molecule has 1 aromatic heterocycles. The van der Waals surface area contributed by atoms with Crippen molar-refractivity contribution in [3.05, 3.63) is 29.6 Å². The molecule has 1 aliphatic heterocycles. The molecule has 0 saturated carbocycles. The van der Waals surface area contributed by atoms with Gasteiger partial charge in [0.25, 0.3) is 5.91 Å². The SMILES string of the molecule is CC1(CNC(=O)c2cncc(C#CCN)c2)CCOCC1. The fourth-order valence-corrected chi connectivity index (χ4v) is 2.22. The van der Waals surface area contributed by atoms with E-state index in [2.05, 4.69) is 29.1 Å². The van der Waals surface area contributed by atoms with Crippen LogP contribution in [0, 0.1) is 17.3 Å². The van der Waals surface area contributed by atoms with Crippen LogP contribution in [0.4, 0.5) is 0 Å². The van der Waals surface area contributed by atoms with E-state index in [-0.39, 0.29) is 17.9 Å². The molecule has 2 heterocycles. The molecule has 5 heteroatoms. The van der Waals surface area contributed by atoms with Gasteiger partial charge in [-0.15, -0.1) is 0 Å². The van der Waals surface area contributed by atoms with Gasteiger partial charge in [-0.2, -0.15) is 0 Å². The molecule has 0 unspecified atom stereocenters. The number of carbonyl (C=O) groups is 1. The molecule has 2 rings (SSSR count). The van der Waals surface area contributed by atoms with Gasteiger partial charge in [0.1, 0.15) is 0 Å². The van der Waals surface area contributed by atoms with Crippen LogP contribution < -0.4 is 11.1 Å². The Hall–Kier alpha value is -1.90. The second-order valence-corrected chi connectivity index (χ2v) is 5.57. The first-order valence-electron chi connectivity index (χ1n) is 7.13. The smallest absolute Gasteiger partial charge is 0.252 e. The summed E-state index contributed by atoms with van der Waals surface area (Å²) in [5, 5.41) is 2.99. The van der Waals surface area contributed by atoms with Crippen LogP contribution in [0.2, 0.25) is 0 Å². The number of nitrogens with zero attached hydrogens (tertiary/aromatic N) is 1. The van der Waals surface area contributed by atoms with Crippen molar-refractivity contribution in [2.45, 2.75) is 19.8 Å². The number of pyridine rings is 1. The number of nitrogens with one attached hydrogen (secondary N) is 1. The highest BCUT2D eigenvalue weighted by molar-refractivity contribution is 5.94. The summed E-state index contributed by atoms with van der Waals surface area (Å²) in [4.78, 5) is 16.2. The minimum absolute atomic E-state index is 0.109. The minimum Gasteiger partial charge on any atom is -0.381 e. The molecule has 0 spiro atoms. The van der Waals surface area contributed by atoms with Crippen LogP contribution in [-0.2, 0) is 4.74 Å². The molecule has 21 heavy (non-hydrogen) atoms. The molecule has 1 aliphatic rings. The van der Waals surface area contributed by atoms with E-state index in [1.54, 1.807) is 18.5 Å². The van der Waals surface area contributed by atoms with Crippen molar-refractivity contribution in [3.63, 3.8) is 0 Å². The summed E-state index contributed by atoms with van der Waals surface area (Å²) in [6.45, 7) is 4.64. The zero-order valence-corrected chi connectivity index (χ0v) is 12.3. The Morgan fingerprint density at radius 3 is 2.95 bits per heavy atom. The van der Waals surface area contributed by atoms with Gasteiger partial charge in [-0.25, -0.2) is 0 Å². The van der Waals surface area contributed by atoms with Crippen LogP contribution in [0.15, 0.2) is 18.5 Å². The zero-order chi connectivity index (χ0) is 15.1. The Balaban J connectivity index is 1.96. The Bertz CT molecular complexity index is 554. The molecule has 0 atom stereocenters. The maximum Gasteiger partial charge on any atom is 0.252 e. The summed E-state index contributed by atoms with van der Waals surface area (Å²) in [5.74, 6) is 5.51. The van der Waals surface area contributed by atoms with Crippen molar-refractivity contribution >= 4 is 5.91 Å². The molecule has 3 N–H and O–H groups in total. The third-order valence-corrected chi connectivity index (χ3v) is 3.71. The monoisotopic (exact) mass is 287 g/mol. The molecule has 1 saturated heterocycles. The van der Waals surface area contributed by atoms with Crippen molar-refractivity contribution in [1.82, 2.24) is 10.3 Å². The largest absolute Gasteiger partial charge is 0.381 e. The minimum atomic E-state index is -0.119. The van der Waals surface area contributed by atoms with E-state index < -0.39 is 0 Å². The first kappa shape index (κ1) is 15.5. The number of amides is 1. The number of rotatable bonds is 3. The maximum atomic E-state index is 12.2. The number of hydrogen-bond donors (Lipinski definition) is 2. The Morgan fingerprint density at radius 1 is 1.48 bits per heavy atom. The number of ether oxygens (including phenoxy) is 1. The molecule has 112 valence electrons. The van der Waals surface area contributed by atoms with Gasteiger partial charge in [-0.3, -0.25) is 9.78 Å². The summed E-state index contributed by atoms with van der Waals surface area (Å²) in [6, 6.07) is 1.73. The summed E-state index contributed by atoms with van der Waals surface area (Å²) in [5.41, 5.74) is 6.67. The summed E-state index contributed by atoms with van der Waals surface area (Å²) in [7, 11) is 0. The first-order chi connectivity index (χ1) is 10.1. The van der Waals surface area contributed by atoms with Gasteiger partial charge in [0, 0.05) is 37.7 Å². The molecule has 0 radical (unpaired) electrons. The van der Waals surface area contributed by atoms with Crippen molar-refractivity contribution in [2.75, 3.05) is 26.3 Å². The van der Waals surface area contributed by atoms with Crippen LogP contribution in [0.25, 0.3) is 0 Å². The van der Waals surface area contributed by atoms with Crippen LogP contribution in [0.1, 0.15) is 35.7 Å². The van der Waals surface area contributed by atoms with E-state index in [1.165, 1.54) is 0 Å². The molecular weight excluding hydrogens is 266 g/mol. The lowest BCUT2D eigenvalue weighted by Gasteiger charge is -2.33. The topological polar surface area (TPSA) is 77.2 Å². The van der Waals surface area contributed by atoms with Gasteiger partial charge >= 0.3 is 0 Å². The molecule has 5 nitrogen and oxygen atoms in total. The standard InChI is InChI=1S/C16H21N3O2/c1-16(4-7-21-8-5-16)12-19-15(20)14-9-13(3-2-6-17)10-18-11-14/h9-11H,4-8,12,17H2,1H3,(H,19,20). The number of nitrogens with two attached hydrogens (primary N) is 1. The number of aromatic nitrogens is 1. The van der Waals surface area contributed by atoms with E-state index in [0.29, 0.717) is 17.7 Å². The molecule has 1 aromatic rings. The Morgan fingerprint density at radius 2 is 2.24 bits per heavy atom. The third-order valence-electron chi connectivity index (χ3n) is 3.71. The van der Waals surface area contributed by atoms with Crippen LogP contribution in [0.3, 0.4) is 0 Å². The van der Waals surface area contributed by atoms with E-state index in [0.717, 1.165) is 26.1 Å². The van der Waals surface area contributed by atoms with Gasteiger partial charge < -0.3 is 15.8 Å². The molecular formula is C16H21N3O2. The highest BCUT2D eigenvalue weighted by Gasteiger charge is 2.27. The predicted octanol–water partition coefficient (Wildman–Crippen LogP) is 0.938. The molecule has 0 aliphatic carbocycles. The normalized spacial score (nSPS) is 16.7. The highest BCUT2D eigenvalue weighted by Crippen LogP contribution is 2.28. The maximum absolute atomic E-state index is 12.2. The van der Waals surface area contributed by atoms with Crippen molar-refractivity contribution < 1.29 is 9.53 Å². The van der Waals surface area contributed by atoms with Crippen molar-refractivity contribution in [2.24, 2.45) is 11.1 Å². The summed E-state index contributed by atoms with van der Waals surface area (Å²) >= 11 is 0. The number of carbonyl (C=O) groups excluding carboxylic acids is 1. The lowest BCUT2D eigenvalue weighted by Crippen LogP contribution is -2.39. The summed E-state index contributed by atoms with van der Waals surface area (Å²) in [6.07, 6.45) is 5.11. The van der Waals surface area contributed by atoms with Crippen LogP contribution in [0.5, 0.6) is 0 Å². The fraction of sp³-hybridized carbons (Fsp3) is 0.500. The van der Waals surface area contributed by atoms with Gasteiger partial charge in [-0.05, 0) is 24.3 Å². The zero-order valence-electron chi connectivity index (χ0n) is 12.3. The van der Waals surface area contributed by atoms with Gasteiger partial charge in [-0.1, -0.05) is 18.8 Å². The molecule has 0 bridgehead atoms. The molecule has 1 fully saturated rings. The average Bonchev–Trinajstić information content (AvgIpc) is 2.52. The van der Waals surface area contributed by atoms with Crippen molar-refractivity contribution in [3.8, 4) is 11.8 Å². The lowest BCUT2D eigenvalue weighted by atomic mass is 9.82. The fourth-order valence-electron chi connectivity index (χ4n) is 2.22. The summed E-state index contributed by atoms with van der Waals surface area (Å²) < 4.78 is 5.36. The van der Waals surface area contributed by atoms with E-state index >= 15 is 0 Å². The molecule has 1 amide bonds. The van der Waals surface area contributed by atoms with Crippen LogP contribution in [-0.4, -0.2) is 37.2 Å². The lowest BCUT2D eigenvalue weighted by molar-refractivity contribution is 0.0238. The quantitative estimate of drug-likeness (QED) is 0.811. The van der Waals surface area contributed by atoms with Gasteiger partial charge in [0.05, 0.1) is 12.1 Å². The van der Waals surface area contributed by atoms with Gasteiger partial charge in [0.15, 0.2) is 0 Å². The average molecular weight is 287 g/mol. The van der Waals surface area contributed by atoms with Crippen molar-refractivity contribution in [1.29, 1.82) is 0 Å². The third kappa shape index (κ3) is 4.55. The van der Waals surface area contributed by atoms with Crippen LogP contribution >= 0.6 is 0 Å². The van der Waals surface area contributed by atoms with E-state index in [9.17, 15) is 4.79 Å². The Kier molecular flexibility index (Phi) is 5.32. The first-order valence-corrected chi connectivity index (χ1v) is 7.13. The van der Waals surface area contributed by atoms with E-state index in [4.69, 9.17) is 10.5 Å². The Labute approximate surface area is 125 Å². The van der Waals surface area contributed by atoms with E-state index in [1.807, 2.05) is 0 Å². The highest BCUT2D eigenvalue weighted by atomic mass is 16.5. The van der Waals surface area contributed by atoms with Gasteiger partial charge in [0.2, 0.25) is 0 Å². The second-order valence-electron chi connectivity index (χ2n) is 5.57. The predicted molar refractivity (Wildman–Crippen MR) is 80.7 cm³/mol.